The molecule has 0 rings (SSSR count). The van der Waals surface area contributed by atoms with E-state index in [4.69, 9.17) is 19.2 Å². The van der Waals surface area contributed by atoms with E-state index in [1.165, 1.54) is 0 Å². The van der Waals surface area contributed by atoms with Crippen LogP contribution in [0.15, 0.2) is 9.98 Å². The fourth-order valence-electron chi connectivity index (χ4n) is 0.637. The van der Waals surface area contributed by atoms with Gasteiger partial charge in [-0.1, -0.05) is 0 Å². The van der Waals surface area contributed by atoms with Crippen molar-refractivity contribution in [3.8, 4) is 0 Å². The van der Waals surface area contributed by atoms with E-state index in [1.807, 2.05) is 6.92 Å². The highest BCUT2D eigenvalue weighted by Crippen LogP contribution is 2.25. The lowest BCUT2D eigenvalue weighted by atomic mass is 10.4. The molecule has 17 heavy (non-hydrogen) atoms. The number of hydrogen-bond donors (Lipinski definition) is 3. The molecule has 0 heterocycles. The molecule has 0 bridgehead atoms. The molecule has 0 saturated carbocycles. The Morgan fingerprint density at radius 2 is 1.71 bits per heavy atom. The molecule has 0 amide bonds. The summed E-state index contributed by atoms with van der Waals surface area (Å²) < 4.78 is 8.88. The minimum absolute atomic E-state index is 0. The quantitative estimate of drug-likeness (QED) is 0.391. The van der Waals surface area contributed by atoms with E-state index in [1.54, 1.807) is 0 Å². The molecule has 104 valence electrons. The standard InChI is InChI=1S/C8H17N3.ClH.H3O4P/c1-4-9-8-10-6-5-7-11(2)3;;1-5(2,3)4/h4-7H2,1-3H3;1H;(H3,1,2,3,4). The molecule has 0 aromatic heterocycles. The van der Waals surface area contributed by atoms with E-state index in [2.05, 4.69) is 35.0 Å². The second-order valence-corrected chi connectivity index (χ2v) is 4.15. The van der Waals surface area contributed by atoms with Crippen molar-refractivity contribution in [2.24, 2.45) is 9.98 Å². The highest BCUT2D eigenvalue weighted by molar-refractivity contribution is 7.45. The van der Waals surface area contributed by atoms with Gasteiger partial charge in [-0.3, -0.25) is 0 Å². The topological polar surface area (TPSA) is 106 Å². The van der Waals surface area contributed by atoms with Gasteiger partial charge in [0.15, 0.2) is 0 Å². The lowest BCUT2D eigenvalue weighted by Gasteiger charge is -2.05. The molecule has 0 aromatic rings. The third-order valence-corrected chi connectivity index (χ3v) is 1.17. The first-order valence-corrected chi connectivity index (χ1v) is 6.35. The second kappa shape index (κ2) is 13.8. The lowest BCUT2D eigenvalue weighted by molar-refractivity contribution is 0.275. The van der Waals surface area contributed by atoms with Crippen LogP contribution in [0.3, 0.4) is 0 Å². The fourth-order valence-corrected chi connectivity index (χ4v) is 0.637. The van der Waals surface area contributed by atoms with Gasteiger partial charge in [0.2, 0.25) is 0 Å². The van der Waals surface area contributed by atoms with Gasteiger partial charge in [0, 0.05) is 6.54 Å². The average Bonchev–Trinajstić information content (AvgIpc) is 2.08. The Kier molecular flexibility index (Phi) is 17.8. The summed E-state index contributed by atoms with van der Waals surface area (Å²) in [5.41, 5.74) is 0. The zero-order chi connectivity index (χ0) is 13.0. The van der Waals surface area contributed by atoms with E-state index in [9.17, 15) is 0 Å². The molecule has 0 aliphatic carbocycles. The predicted molar refractivity (Wildman–Crippen MR) is 70.0 cm³/mol. The van der Waals surface area contributed by atoms with Crippen molar-refractivity contribution in [1.29, 1.82) is 0 Å². The number of halogens is 1. The first-order chi connectivity index (χ1) is 7.27. The van der Waals surface area contributed by atoms with Crippen molar-refractivity contribution in [2.75, 3.05) is 33.7 Å². The van der Waals surface area contributed by atoms with Gasteiger partial charge >= 0.3 is 7.82 Å². The lowest BCUT2D eigenvalue weighted by Crippen LogP contribution is -2.13. The van der Waals surface area contributed by atoms with Crippen LogP contribution in [-0.2, 0) is 4.57 Å². The van der Waals surface area contributed by atoms with Gasteiger partial charge < -0.3 is 19.6 Å². The van der Waals surface area contributed by atoms with Gasteiger partial charge in [0.25, 0.3) is 0 Å². The van der Waals surface area contributed by atoms with Crippen LogP contribution >= 0.6 is 20.2 Å². The highest BCUT2D eigenvalue weighted by Gasteiger charge is 2.00. The molecular weight excluding hydrogens is 269 g/mol. The summed E-state index contributed by atoms with van der Waals surface area (Å²) in [5, 5.41) is 0. The summed E-state index contributed by atoms with van der Waals surface area (Å²) in [7, 11) is -0.520. The molecule has 0 fully saturated rings. The van der Waals surface area contributed by atoms with Crippen molar-refractivity contribution in [3.05, 3.63) is 0 Å². The molecule has 3 N–H and O–H groups in total. The van der Waals surface area contributed by atoms with Crippen molar-refractivity contribution in [3.63, 3.8) is 0 Å². The minimum atomic E-state index is -4.64. The third-order valence-electron chi connectivity index (χ3n) is 1.17. The molecular formula is C8H21ClN3O4P. The maximum atomic E-state index is 8.88. The van der Waals surface area contributed by atoms with Crippen molar-refractivity contribution < 1.29 is 19.2 Å². The van der Waals surface area contributed by atoms with Gasteiger partial charge in [-0.25, -0.2) is 14.5 Å². The fraction of sp³-hybridized carbons (Fsp3) is 0.875. The Bertz CT molecular complexity index is 255. The number of rotatable bonds is 5. The van der Waals surface area contributed by atoms with Gasteiger partial charge in [0.1, 0.15) is 0 Å². The first-order valence-electron chi connectivity index (χ1n) is 4.78. The SMILES string of the molecule is CCN=C=NCCCN(C)C.Cl.O=P(O)(O)O. The van der Waals surface area contributed by atoms with Gasteiger partial charge in [0.05, 0.1) is 12.6 Å². The Morgan fingerprint density at radius 1 is 1.24 bits per heavy atom. The number of phosphoric acid groups is 1. The third kappa shape index (κ3) is 49.6. The molecule has 0 aromatic carbocycles. The normalized spacial score (nSPS) is 9.59. The summed E-state index contributed by atoms with van der Waals surface area (Å²) in [6.07, 6.45) is 1.08. The molecule has 0 unspecified atom stereocenters. The summed E-state index contributed by atoms with van der Waals surface area (Å²) >= 11 is 0. The van der Waals surface area contributed by atoms with Crippen LogP contribution in [0, 0.1) is 0 Å². The van der Waals surface area contributed by atoms with E-state index in [0.29, 0.717) is 0 Å². The maximum Gasteiger partial charge on any atom is 0.466 e. The Balaban J connectivity index is -0.000000280. The van der Waals surface area contributed by atoms with Crippen LogP contribution in [0.5, 0.6) is 0 Å². The smallest absolute Gasteiger partial charge is 0.309 e. The minimum Gasteiger partial charge on any atom is -0.309 e. The van der Waals surface area contributed by atoms with Crippen LogP contribution < -0.4 is 0 Å². The first kappa shape index (κ1) is 22.0. The van der Waals surface area contributed by atoms with Crippen molar-refractivity contribution in [1.82, 2.24) is 4.90 Å². The van der Waals surface area contributed by atoms with E-state index in [-0.39, 0.29) is 12.4 Å². The Labute approximate surface area is 108 Å². The highest BCUT2D eigenvalue weighted by atomic mass is 35.5. The van der Waals surface area contributed by atoms with Crippen LogP contribution in [0.2, 0.25) is 0 Å². The Morgan fingerprint density at radius 3 is 2.06 bits per heavy atom. The molecule has 0 atom stereocenters. The average molecular weight is 290 g/mol. The molecule has 0 aliphatic rings. The van der Waals surface area contributed by atoms with E-state index < -0.39 is 7.82 Å². The summed E-state index contributed by atoms with van der Waals surface area (Å²) in [5.74, 6) is 0. The number of aliphatic imine (C=N–C) groups is 2. The Hall–Kier alpha value is -0.260. The van der Waals surface area contributed by atoms with Crippen molar-refractivity contribution in [2.45, 2.75) is 13.3 Å². The van der Waals surface area contributed by atoms with Crippen molar-refractivity contribution >= 4 is 26.2 Å². The zero-order valence-electron chi connectivity index (χ0n) is 10.3. The number of nitrogens with zero attached hydrogens (tertiary/aromatic N) is 3. The predicted octanol–water partition coefficient (Wildman–Crippen LogP) is 0.625. The molecule has 0 saturated heterocycles. The molecule has 0 aliphatic heterocycles. The zero-order valence-corrected chi connectivity index (χ0v) is 12.0. The number of hydrogen-bond acceptors (Lipinski definition) is 4. The molecule has 9 heteroatoms. The largest absolute Gasteiger partial charge is 0.466 e. The maximum absolute atomic E-state index is 8.88. The van der Waals surface area contributed by atoms with Crippen LogP contribution in [0.25, 0.3) is 0 Å². The van der Waals surface area contributed by atoms with E-state index in [0.717, 1.165) is 26.1 Å². The second-order valence-electron chi connectivity index (χ2n) is 3.13. The van der Waals surface area contributed by atoms with E-state index >= 15 is 0 Å². The van der Waals surface area contributed by atoms with Gasteiger partial charge in [-0.15, -0.1) is 12.4 Å². The molecule has 7 nitrogen and oxygen atoms in total. The van der Waals surface area contributed by atoms with Gasteiger partial charge in [-0.05, 0) is 34.0 Å². The monoisotopic (exact) mass is 289 g/mol. The summed E-state index contributed by atoms with van der Waals surface area (Å²) in [6, 6.07) is 2.64. The van der Waals surface area contributed by atoms with Gasteiger partial charge in [-0.2, -0.15) is 0 Å². The van der Waals surface area contributed by atoms with Crippen LogP contribution in [0.1, 0.15) is 13.3 Å². The van der Waals surface area contributed by atoms with Crippen LogP contribution in [-0.4, -0.2) is 59.3 Å². The van der Waals surface area contributed by atoms with Crippen LogP contribution in [0.4, 0.5) is 0 Å². The molecule has 0 radical (unpaired) electrons. The summed E-state index contributed by atoms with van der Waals surface area (Å²) in [6.45, 7) is 4.67. The summed E-state index contributed by atoms with van der Waals surface area (Å²) in [4.78, 5) is 31.6. The molecule has 0 spiro atoms.